The SMILES string of the molecule is N#Cc1c([N+](=O)[O-])cnc(CCl)c1C(F)F. The molecule has 0 spiro atoms. The number of halogens is 3. The second-order valence-electron chi connectivity index (χ2n) is 2.68. The molecule has 0 radical (unpaired) electrons. The third-order valence-electron chi connectivity index (χ3n) is 1.83. The number of alkyl halides is 3. The van der Waals surface area contributed by atoms with Crippen LogP contribution < -0.4 is 0 Å². The largest absolute Gasteiger partial charge is 0.305 e. The van der Waals surface area contributed by atoms with E-state index in [0.29, 0.717) is 0 Å². The van der Waals surface area contributed by atoms with Gasteiger partial charge in [0, 0.05) is 0 Å². The van der Waals surface area contributed by atoms with Crippen molar-refractivity contribution >= 4 is 17.3 Å². The van der Waals surface area contributed by atoms with Crippen molar-refractivity contribution in [1.29, 1.82) is 5.26 Å². The van der Waals surface area contributed by atoms with Crippen molar-refractivity contribution < 1.29 is 13.7 Å². The van der Waals surface area contributed by atoms with Crippen LogP contribution in [-0.2, 0) is 5.88 Å². The Bertz CT molecular complexity index is 473. The zero-order chi connectivity index (χ0) is 12.3. The van der Waals surface area contributed by atoms with Gasteiger partial charge in [0.15, 0.2) is 0 Å². The zero-order valence-electron chi connectivity index (χ0n) is 7.65. The van der Waals surface area contributed by atoms with Crippen molar-refractivity contribution in [3.05, 3.63) is 33.1 Å². The van der Waals surface area contributed by atoms with Crippen molar-refractivity contribution in [2.24, 2.45) is 0 Å². The van der Waals surface area contributed by atoms with Crippen LogP contribution in [0.4, 0.5) is 14.5 Å². The Hall–Kier alpha value is -1.81. The first-order chi connectivity index (χ1) is 7.52. The summed E-state index contributed by atoms with van der Waals surface area (Å²) in [6, 6.07) is 1.38. The lowest BCUT2D eigenvalue weighted by Crippen LogP contribution is -2.04. The maximum atomic E-state index is 12.6. The fraction of sp³-hybridized carbons (Fsp3) is 0.250. The molecule has 0 fully saturated rings. The Morgan fingerprint density at radius 3 is 2.69 bits per heavy atom. The van der Waals surface area contributed by atoms with Crippen LogP contribution in [0.5, 0.6) is 0 Å². The smallest absolute Gasteiger partial charge is 0.258 e. The molecule has 0 saturated heterocycles. The van der Waals surface area contributed by atoms with E-state index in [1.165, 1.54) is 6.07 Å². The summed E-state index contributed by atoms with van der Waals surface area (Å²) in [6.45, 7) is 0. The average molecular weight is 248 g/mol. The van der Waals surface area contributed by atoms with Crippen molar-refractivity contribution in [2.45, 2.75) is 12.3 Å². The maximum Gasteiger partial charge on any atom is 0.305 e. The molecule has 1 rings (SSSR count). The van der Waals surface area contributed by atoms with Crippen molar-refractivity contribution in [3.8, 4) is 6.07 Å². The minimum atomic E-state index is -3.03. The molecule has 84 valence electrons. The zero-order valence-corrected chi connectivity index (χ0v) is 8.41. The molecule has 0 bridgehead atoms. The molecule has 16 heavy (non-hydrogen) atoms. The molecule has 0 unspecified atom stereocenters. The quantitative estimate of drug-likeness (QED) is 0.467. The third-order valence-corrected chi connectivity index (χ3v) is 2.09. The third kappa shape index (κ3) is 2.06. The molecule has 1 aromatic rings. The molecule has 0 aliphatic rings. The first-order valence-corrected chi connectivity index (χ1v) is 4.46. The first-order valence-electron chi connectivity index (χ1n) is 3.93. The fourth-order valence-electron chi connectivity index (χ4n) is 1.15. The lowest BCUT2D eigenvalue weighted by Gasteiger charge is -2.07. The highest BCUT2D eigenvalue weighted by Gasteiger charge is 2.27. The standard InChI is InChI=1S/C8H4ClF2N3O2/c9-1-5-7(8(10)11)4(2-12)6(3-13-5)14(15)16/h3,8H,1H2. The summed E-state index contributed by atoms with van der Waals surface area (Å²) >= 11 is 5.36. The number of pyridine rings is 1. The summed E-state index contributed by atoms with van der Waals surface area (Å²) in [6.07, 6.45) is -2.28. The van der Waals surface area contributed by atoms with Crippen LogP contribution in [0.1, 0.15) is 23.2 Å². The summed E-state index contributed by atoms with van der Waals surface area (Å²) in [5, 5.41) is 19.2. The van der Waals surface area contributed by atoms with Gasteiger partial charge in [-0.15, -0.1) is 11.6 Å². The van der Waals surface area contributed by atoms with Gasteiger partial charge in [-0.3, -0.25) is 15.1 Å². The van der Waals surface area contributed by atoms with Gasteiger partial charge in [0.1, 0.15) is 17.8 Å². The summed E-state index contributed by atoms with van der Waals surface area (Å²) in [4.78, 5) is 13.0. The molecular weight excluding hydrogens is 244 g/mol. The number of nitriles is 1. The van der Waals surface area contributed by atoms with Crippen LogP contribution in [0.15, 0.2) is 6.20 Å². The van der Waals surface area contributed by atoms with Crippen LogP contribution in [0.3, 0.4) is 0 Å². The second kappa shape index (κ2) is 4.81. The molecule has 0 aliphatic heterocycles. The first kappa shape index (κ1) is 12.3. The monoisotopic (exact) mass is 247 g/mol. The second-order valence-corrected chi connectivity index (χ2v) is 2.95. The lowest BCUT2D eigenvalue weighted by atomic mass is 10.1. The van der Waals surface area contributed by atoms with E-state index >= 15 is 0 Å². The summed E-state index contributed by atoms with van der Waals surface area (Å²) in [5.41, 5.74) is -2.43. The van der Waals surface area contributed by atoms with Crippen LogP contribution in [0.2, 0.25) is 0 Å². The van der Waals surface area contributed by atoms with Gasteiger partial charge in [0.05, 0.1) is 22.1 Å². The molecule has 0 saturated carbocycles. The average Bonchev–Trinajstić information content (AvgIpc) is 2.26. The number of hydrogen-bond donors (Lipinski definition) is 0. The number of aromatic nitrogens is 1. The van der Waals surface area contributed by atoms with Gasteiger partial charge < -0.3 is 0 Å². The Morgan fingerprint density at radius 1 is 1.69 bits per heavy atom. The molecule has 0 N–H and O–H groups in total. The van der Waals surface area contributed by atoms with Crippen LogP contribution in [0.25, 0.3) is 0 Å². The van der Waals surface area contributed by atoms with Gasteiger partial charge in [-0.2, -0.15) is 5.26 Å². The molecule has 0 aromatic carbocycles. The molecule has 1 aromatic heterocycles. The highest BCUT2D eigenvalue weighted by atomic mass is 35.5. The van der Waals surface area contributed by atoms with Crippen molar-refractivity contribution in [2.75, 3.05) is 0 Å². The molecular formula is C8H4ClF2N3O2. The minimum Gasteiger partial charge on any atom is -0.258 e. The Labute approximate surface area is 93.4 Å². The summed E-state index contributed by atoms with van der Waals surface area (Å²) in [5.74, 6) is -0.341. The van der Waals surface area contributed by atoms with E-state index in [2.05, 4.69) is 4.98 Å². The molecule has 8 heteroatoms. The Balaban J connectivity index is 3.58. The molecule has 0 atom stereocenters. The van der Waals surface area contributed by atoms with E-state index < -0.39 is 28.2 Å². The lowest BCUT2D eigenvalue weighted by molar-refractivity contribution is -0.385. The van der Waals surface area contributed by atoms with Gasteiger partial charge in [-0.1, -0.05) is 0 Å². The topological polar surface area (TPSA) is 79.8 Å². The summed E-state index contributed by atoms with van der Waals surface area (Å²) in [7, 11) is 0. The van der Waals surface area contributed by atoms with Crippen LogP contribution in [-0.4, -0.2) is 9.91 Å². The molecule has 0 amide bonds. The number of nitro groups is 1. The minimum absolute atomic E-state index is 0.223. The maximum absolute atomic E-state index is 12.6. The van der Waals surface area contributed by atoms with E-state index in [4.69, 9.17) is 16.9 Å². The van der Waals surface area contributed by atoms with Gasteiger partial charge in [0.25, 0.3) is 6.43 Å². The predicted octanol–water partition coefficient (Wildman–Crippen LogP) is 2.54. The van der Waals surface area contributed by atoms with Gasteiger partial charge in [-0.05, 0) is 0 Å². The van der Waals surface area contributed by atoms with E-state index in [0.717, 1.165) is 6.20 Å². The van der Waals surface area contributed by atoms with E-state index in [1.54, 1.807) is 0 Å². The fourth-order valence-corrected chi connectivity index (χ4v) is 1.37. The highest BCUT2D eigenvalue weighted by molar-refractivity contribution is 6.17. The van der Waals surface area contributed by atoms with E-state index in [-0.39, 0.29) is 11.6 Å². The van der Waals surface area contributed by atoms with Gasteiger partial charge in [-0.25, -0.2) is 8.78 Å². The van der Waals surface area contributed by atoms with E-state index in [1.807, 2.05) is 0 Å². The van der Waals surface area contributed by atoms with Crippen molar-refractivity contribution in [1.82, 2.24) is 4.98 Å². The van der Waals surface area contributed by atoms with E-state index in [9.17, 15) is 18.9 Å². The Kier molecular flexibility index (Phi) is 3.68. The predicted molar refractivity (Wildman–Crippen MR) is 50.1 cm³/mol. The molecule has 0 aliphatic carbocycles. The molecule has 5 nitrogen and oxygen atoms in total. The van der Waals surface area contributed by atoms with Crippen molar-refractivity contribution in [3.63, 3.8) is 0 Å². The number of rotatable bonds is 3. The summed E-state index contributed by atoms with van der Waals surface area (Å²) < 4.78 is 25.3. The number of hydrogen-bond acceptors (Lipinski definition) is 4. The van der Waals surface area contributed by atoms with Crippen LogP contribution in [0, 0.1) is 21.4 Å². The number of nitrogens with zero attached hydrogens (tertiary/aromatic N) is 3. The normalized spacial score (nSPS) is 10.2. The molecule has 1 heterocycles. The van der Waals surface area contributed by atoms with Gasteiger partial charge in [0.2, 0.25) is 0 Å². The highest BCUT2D eigenvalue weighted by Crippen LogP contribution is 2.31. The van der Waals surface area contributed by atoms with Gasteiger partial charge >= 0.3 is 5.69 Å². The van der Waals surface area contributed by atoms with Crippen LogP contribution >= 0.6 is 11.6 Å². The Morgan fingerprint density at radius 2 is 2.31 bits per heavy atom.